The molecule has 8 nitrogen and oxygen atoms in total. The Morgan fingerprint density at radius 3 is 2.81 bits per heavy atom. The summed E-state index contributed by atoms with van der Waals surface area (Å²) in [6.45, 7) is 2.26. The first-order valence-corrected chi connectivity index (χ1v) is 10.1. The fourth-order valence-electron chi connectivity index (χ4n) is 2.81. The number of aryl methyl sites for hydroxylation is 1. The van der Waals surface area contributed by atoms with Gasteiger partial charge >= 0.3 is 0 Å². The third-order valence-corrected chi connectivity index (χ3v) is 4.93. The molecule has 0 unspecified atom stereocenters. The highest BCUT2D eigenvalue weighted by Gasteiger charge is 2.18. The highest BCUT2D eigenvalue weighted by atomic mass is 35.5. The Morgan fingerprint density at radius 2 is 2.12 bits per heavy atom. The molecule has 0 atom stereocenters. The maximum atomic E-state index is 13.2. The Bertz CT molecular complexity index is 1310. The molecule has 0 bridgehead atoms. The van der Waals surface area contributed by atoms with Crippen molar-refractivity contribution < 1.29 is 14.3 Å². The Balaban J connectivity index is 2.17. The van der Waals surface area contributed by atoms with Gasteiger partial charge in [0.05, 0.1) is 11.6 Å². The van der Waals surface area contributed by atoms with Crippen LogP contribution in [0, 0.1) is 18.3 Å². The van der Waals surface area contributed by atoms with Crippen molar-refractivity contribution >= 4 is 40.8 Å². The average Bonchev–Trinajstić information content (AvgIpc) is 2.76. The molecule has 0 radical (unpaired) electrons. The molecule has 2 heterocycles. The molecule has 0 fully saturated rings. The van der Waals surface area contributed by atoms with Gasteiger partial charge in [-0.15, -0.1) is 0 Å². The van der Waals surface area contributed by atoms with Crippen molar-refractivity contribution in [1.82, 2.24) is 14.7 Å². The molecule has 164 valence electrons. The van der Waals surface area contributed by atoms with Crippen molar-refractivity contribution in [3.05, 3.63) is 73.6 Å². The van der Waals surface area contributed by atoms with E-state index in [4.69, 9.17) is 32.7 Å². The topological polar surface area (TPSA) is 106 Å². The number of ether oxygens (including phenoxy) is 2. The third kappa shape index (κ3) is 5.08. The standard InChI is InChI=1S/C22H18Cl2N4O4/c1-13-4-3-8-28-19(13)27-21(32-18-6-5-15(23)11-17(18)24)16(22(28)30)10-14(12-25)20(29)26-7-9-31-2/h3-6,8,10-11H,7,9H2,1-2H3,(H,26,29)/b14-10+. The minimum Gasteiger partial charge on any atom is -0.437 e. The molecule has 0 saturated carbocycles. The number of hydrogen-bond donors (Lipinski definition) is 1. The number of fused-ring (bicyclic) bond motifs is 1. The number of carbonyl (C=O) groups is 1. The van der Waals surface area contributed by atoms with E-state index < -0.39 is 11.5 Å². The van der Waals surface area contributed by atoms with Crippen molar-refractivity contribution in [2.75, 3.05) is 20.3 Å². The first kappa shape index (κ1) is 23.3. The first-order chi connectivity index (χ1) is 15.3. The zero-order chi connectivity index (χ0) is 23.3. The fraction of sp³-hybridized carbons (Fsp3) is 0.182. The molecule has 32 heavy (non-hydrogen) atoms. The second-order valence-corrected chi connectivity index (χ2v) is 7.46. The fourth-order valence-corrected chi connectivity index (χ4v) is 3.26. The predicted molar refractivity (Wildman–Crippen MR) is 121 cm³/mol. The zero-order valence-corrected chi connectivity index (χ0v) is 18.7. The summed E-state index contributed by atoms with van der Waals surface area (Å²) in [5, 5.41) is 12.7. The lowest BCUT2D eigenvalue weighted by atomic mass is 10.1. The summed E-state index contributed by atoms with van der Waals surface area (Å²) in [5.41, 5.74) is 0.191. The number of rotatable bonds is 7. The van der Waals surface area contributed by atoms with E-state index >= 15 is 0 Å². The van der Waals surface area contributed by atoms with E-state index in [0.29, 0.717) is 10.7 Å². The second-order valence-electron chi connectivity index (χ2n) is 6.62. The van der Waals surface area contributed by atoms with Crippen LogP contribution in [0.2, 0.25) is 10.0 Å². The van der Waals surface area contributed by atoms with Crippen LogP contribution in [-0.2, 0) is 9.53 Å². The summed E-state index contributed by atoms with van der Waals surface area (Å²) in [7, 11) is 1.49. The number of nitriles is 1. The van der Waals surface area contributed by atoms with Crippen molar-refractivity contribution in [3.63, 3.8) is 0 Å². The van der Waals surface area contributed by atoms with E-state index in [2.05, 4.69) is 10.3 Å². The van der Waals surface area contributed by atoms with Crippen LogP contribution in [-0.4, -0.2) is 35.6 Å². The van der Waals surface area contributed by atoms with Crippen LogP contribution >= 0.6 is 23.2 Å². The summed E-state index contributed by atoms with van der Waals surface area (Å²) < 4.78 is 12.0. The average molecular weight is 473 g/mol. The monoisotopic (exact) mass is 472 g/mol. The van der Waals surface area contributed by atoms with Gasteiger partial charge in [0, 0.05) is 24.9 Å². The summed E-state index contributed by atoms with van der Waals surface area (Å²) in [6, 6.07) is 9.88. The van der Waals surface area contributed by atoms with E-state index in [0.717, 1.165) is 11.6 Å². The number of hydrogen-bond acceptors (Lipinski definition) is 6. The van der Waals surface area contributed by atoms with E-state index in [-0.39, 0.29) is 40.9 Å². The van der Waals surface area contributed by atoms with Gasteiger partial charge in [0.2, 0.25) is 5.88 Å². The maximum Gasteiger partial charge on any atom is 0.269 e. The Labute approximate surface area is 193 Å². The van der Waals surface area contributed by atoms with Crippen LogP contribution in [0.5, 0.6) is 11.6 Å². The molecule has 1 aromatic carbocycles. The number of amides is 1. The van der Waals surface area contributed by atoms with E-state index in [1.165, 1.54) is 23.6 Å². The summed E-state index contributed by atoms with van der Waals surface area (Å²) >= 11 is 12.2. The largest absolute Gasteiger partial charge is 0.437 e. The number of nitrogens with one attached hydrogen (secondary N) is 1. The van der Waals surface area contributed by atoms with Crippen molar-refractivity contribution in [1.29, 1.82) is 5.26 Å². The smallest absolute Gasteiger partial charge is 0.269 e. The number of halogens is 2. The summed E-state index contributed by atoms with van der Waals surface area (Å²) in [5.74, 6) is -0.557. The van der Waals surface area contributed by atoms with Crippen LogP contribution in [0.4, 0.5) is 0 Å². The lowest BCUT2D eigenvalue weighted by molar-refractivity contribution is -0.117. The minimum atomic E-state index is -0.659. The van der Waals surface area contributed by atoms with Gasteiger partial charge in [-0.1, -0.05) is 29.3 Å². The van der Waals surface area contributed by atoms with Gasteiger partial charge in [0.1, 0.15) is 28.6 Å². The van der Waals surface area contributed by atoms with E-state index in [1.54, 1.807) is 31.3 Å². The number of benzene rings is 1. The Hall–Kier alpha value is -3.38. The zero-order valence-electron chi connectivity index (χ0n) is 17.2. The lowest BCUT2D eigenvalue weighted by Crippen LogP contribution is -2.28. The van der Waals surface area contributed by atoms with Crippen LogP contribution < -0.4 is 15.6 Å². The Kier molecular flexibility index (Phi) is 7.49. The summed E-state index contributed by atoms with van der Waals surface area (Å²) in [4.78, 5) is 30.1. The molecule has 0 spiro atoms. The van der Waals surface area contributed by atoms with Gasteiger partial charge in [-0.05, 0) is 42.8 Å². The predicted octanol–water partition coefficient (Wildman–Crippen LogP) is 3.77. The van der Waals surface area contributed by atoms with Gasteiger partial charge in [0.15, 0.2) is 0 Å². The van der Waals surface area contributed by atoms with Crippen LogP contribution in [0.3, 0.4) is 0 Å². The molecule has 1 N–H and O–H groups in total. The molecular weight excluding hydrogens is 455 g/mol. The van der Waals surface area contributed by atoms with Gasteiger partial charge < -0.3 is 14.8 Å². The molecular formula is C22H18Cl2N4O4. The van der Waals surface area contributed by atoms with E-state index in [1.807, 2.05) is 6.07 Å². The van der Waals surface area contributed by atoms with Gasteiger partial charge in [-0.2, -0.15) is 10.2 Å². The number of nitrogens with zero attached hydrogens (tertiary/aromatic N) is 3. The molecule has 0 aliphatic rings. The quantitative estimate of drug-likeness (QED) is 0.318. The molecule has 0 saturated heterocycles. The van der Waals surface area contributed by atoms with Crippen LogP contribution in [0.25, 0.3) is 11.7 Å². The summed E-state index contributed by atoms with van der Waals surface area (Å²) in [6.07, 6.45) is 2.68. The number of pyridine rings is 1. The molecule has 10 heteroatoms. The second kappa shape index (κ2) is 10.3. The van der Waals surface area contributed by atoms with Crippen LogP contribution in [0.15, 0.2) is 46.9 Å². The number of methoxy groups -OCH3 is 1. The highest BCUT2D eigenvalue weighted by molar-refractivity contribution is 6.35. The molecule has 3 rings (SSSR count). The first-order valence-electron chi connectivity index (χ1n) is 9.39. The van der Waals surface area contributed by atoms with Gasteiger partial charge in [0.25, 0.3) is 11.5 Å². The van der Waals surface area contributed by atoms with Gasteiger partial charge in [-0.3, -0.25) is 14.0 Å². The third-order valence-electron chi connectivity index (χ3n) is 4.40. The van der Waals surface area contributed by atoms with E-state index in [9.17, 15) is 14.9 Å². The normalized spacial score (nSPS) is 11.3. The van der Waals surface area contributed by atoms with Crippen molar-refractivity contribution in [2.24, 2.45) is 0 Å². The molecule has 1 amide bonds. The maximum absolute atomic E-state index is 13.2. The molecule has 0 aliphatic heterocycles. The highest BCUT2D eigenvalue weighted by Crippen LogP contribution is 2.32. The number of aromatic nitrogens is 2. The minimum absolute atomic E-state index is 0.0856. The lowest BCUT2D eigenvalue weighted by Gasteiger charge is -2.12. The van der Waals surface area contributed by atoms with Crippen molar-refractivity contribution in [2.45, 2.75) is 6.92 Å². The van der Waals surface area contributed by atoms with Crippen LogP contribution in [0.1, 0.15) is 11.1 Å². The van der Waals surface area contributed by atoms with Gasteiger partial charge in [-0.25, -0.2) is 0 Å². The molecule has 2 aromatic heterocycles. The SMILES string of the molecule is COCCNC(=O)/C(C#N)=C/c1c(Oc2ccc(Cl)cc2Cl)nc2c(C)cccn2c1=O. The molecule has 3 aromatic rings. The van der Waals surface area contributed by atoms with Crippen molar-refractivity contribution in [3.8, 4) is 17.7 Å². The Morgan fingerprint density at radius 1 is 1.34 bits per heavy atom. The molecule has 0 aliphatic carbocycles. The number of carbonyl (C=O) groups excluding carboxylic acids is 1.